The van der Waals surface area contributed by atoms with Crippen molar-refractivity contribution in [2.75, 3.05) is 6.61 Å². The van der Waals surface area contributed by atoms with Crippen molar-refractivity contribution < 1.29 is 46.0 Å². The monoisotopic (exact) mass is 633 g/mol. The average Bonchev–Trinajstić information content (AvgIpc) is 3.06. The first-order chi connectivity index (χ1) is 18.5. The fraction of sp³-hybridized carbons (Fsp3) is 0.500. The maximum atomic E-state index is 15.4. The zero-order chi connectivity index (χ0) is 30.0. The van der Waals surface area contributed by atoms with Crippen molar-refractivity contribution in [3.63, 3.8) is 0 Å². The van der Waals surface area contributed by atoms with Gasteiger partial charge in [0.25, 0.3) is 12.0 Å². The van der Waals surface area contributed by atoms with E-state index in [1.165, 1.54) is 31.2 Å². The Labute approximate surface area is 234 Å². The summed E-state index contributed by atoms with van der Waals surface area (Å²) in [6.07, 6.45) is -9.43. The largest absolute Gasteiger partial charge is 0.462 e. The first kappa shape index (κ1) is 32.2. The van der Waals surface area contributed by atoms with Gasteiger partial charge >= 0.3 is 24.2 Å². The lowest BCUT2D eigenvalue weighted by molar-refractivity contribution is -0.241. The fourth-order valence-corrected chi connectivity index (χ4v) is 6.12. The average molecular weight is 634 g/mol. The third-order valence-corrected chi connectivity index (χ3v) is 8.31. The number of para-hydroxylation sites is 1. The van der Waals surface area contributed by atoms with Crippen LogP contribution < -0.4 is 20.9 Å². The minimum absolute atomic E-state index is 0.0558. The molecule has 0 saturated carbocycles. The van der Waals surface area contributed by atoms with Gasteiger partial charge in [0.2, 0.25) is 5.60 Å². The quantitative estimate of drug-likeness (QED) is 0.192. The van der Waals surface area contributed by atoms with Crippen molar-refractivity contribution in [3.8, 4) is 5.75 Å². The van der Waals surface area contributed by atoms with Crippen molar-refractivity contribution in [2.24, 2.45) is 0 Å². The Bertz CT molecular complexity index is 1380. The number of aromatic nitrogens is 2. The number of benzene rings is 1. The molecule has 11 nitrogen and oxygen atoms in total. The van der Waals surface area contributed by atoms with Crippen LogP contribution in [0, 0.1) is 0 Å². The van der Waals surface area contributed by atoms with E-state index in [2.05, 4.69) is 5.09 Å². The molecule has 1 aliphatic rings. The van der Waals surface area contributed by atoms with E-state index in [0.717, 1.165) is 0 Å². The van der Waals surface area contributed by atoms with Crippen LogP contribution in [0.15, 0.2) is 46.1 Å². The first-order valence-corrected chi connectivity index (χ1v) is 14.5. The smallest absolute Gasteiger partial charge is 0.330 e. The number of aliphatic hydroxyl groups is 1. The molecule has 40 heavy (non-hydrogen) atoms. The van der Waals surface area contributed by atoms with E-state index in [-0.39, 0.29) is 10.3 Å². The van der Waals surface area contributed by atoms with E-state index < -0.39 is 77.9 Å². The third kappa shape index (κ3) is 6.59. The number of ether oxygens (including phenoxy) is 2. The normalized spacial score (nSPS) is 24.6. The standard InChI is InChI=1S/C22H25ClF4N3O8PS/c1-11(2)36-18(33)12(3)29-39(40,38-13-7-5-4-6-8-13)35-10-21(19(24)25)22(26,27)15(31)17(37-21)30-9-14(23)16(32)28-20(30)34/h4-9,11-12,15,17,19,31H,10H2,1-3H3,(H,29,40)(H,28,32,34)/t12-,15-,17+,21-,39?/m0/s1. The van der Waals surface area contributed by atoms with Gasteiger partial charge in [0, 0.05) is 6.20 Å². The maximum Gasteiger partial charge on any atom is 0.330 e. The number of halogens is 5. The Morgan fingerprint density at radius 3 is 2.48 bits per heavy atom. The van der Waals surface area contributed by atoms with E-state index in [4.69, 9.17) is 41.9 Å². The summed E-state index contributed by atoms with van der Waals surface area (Å²) >= 11 is 11.0. The Morgan fingerprint density at radius 1 is 1.27 bits per heavy atom. The van der Waals surface area contributed by atoms with Gasteiger partial charge in [0.1, 0.15) is 16.8 Å². The van der Waals surface area contributed by atoms with E-state index in [0.29, 0.717) is 6.20 Å². The fourth-order valence-electron chi connectivity index (χ4n) is 3.55. The number of hydrogen-bond donors (Lipinski definition) is 3. The van der Waals surface area contributed by atoms with Crippen LogP contribution in [0.4, 0.5) is 17.6 Å². The van der Waals surface area contributed by atoms with Crippen molar-refractivity contribution in [2.45, 2.75) is 63.2 Å². The molecule has 0 spiro atoms. The highest BCUT2D eigenvalue weighted by molar-refractivity contribution is 8.09. The number of carbonyl (C=O) groups is 1. The van der Waals surface area contributed by atoms with Gasteiger partial charge < -0.3 is 23.6 Å². The molecule has 0 amide bonds. The minimum Gasteiger partial charge on any atom is -0.462 e. The molecule has 5 atom stereocenters. The summed E-state index contributed by atoms with van der Waals surface area (Å²) in [5.41, 5.74) is -6.32. The highest BCUT2D eigenvalue weighted by Gasteiger charge is 2.74. The predicted molar refractivity (Wildman–Crippen MR) is 137 cm³/mol. The number of hydrogen-bond acceptors (Lipinski definition) is 9. The minimum atomic E-state index is -4.75. The predicted octanol–water partition coefficient (Wildman–Crippen LogP) is 2.97. The number of esters is 1. The van der Waals surface area contributed by atoms with Crippen LogP contribution in [-0.4, -0.2) is 63.4 Å². The molecule has 2 aromatic rings. The summed E-state index contributed by atoms with van der Waals surface area (Å²) in [6, 6.07) is 6.29. The first-order valence-electron chi connectivity index (χ1n) is 11.5. The molecule has 222 valence electrons. The molecule has 1 aromatic heterocycles. The number of H-pyrrole nitrogens is 1. The summed E-state index contributed by atoms with van der Waals surface area (Å²) in [5, 5.41) is 12.2. The van der Waals surface area contributed by atoms with Crippen LogP contribution in [0.5, 0.6) is 5.75 Å². The lowest BCUT2D eigenvalue weighted by Crippen LogP contribution is -2.57. The summed E-state index contributed by atoms with van der Waals surface area (Å²) in [7, 11) is 0. The number of rotatable bonds is 11. The van der Waals surface area contributed by atoms with Crippen LogP contribution in [0.25, 0.3) is 0 Å². The summed E-state index contributed by atoms with van der Waals surface area (Å²) in [4.78, 5) is 37.8. The van der Waals surface area contributed by atoms with Gasteiger partial charge in [-0.1, -0.05) is 29.8 Å². The van der Waals surface area contributed by atoms with E-state index in [1.807, 2.05) is 0 Å². The second kappa shape index (κ2) is 12.3. The van der Waals surface area contributed by atoms with Crippen molar-refractivity contribution in [1.82, 2.24) is 14.6 Å². The van der Waals surface area contributed by atoms with E-state index in [9.17, 15) is 28.3 Å². The molecule has 3 rings (SSSR count). The molecule has 18 heteroatoms. The summed E-state index contributed by atoms with van der Waals surface area (Å²) in [6.45, 7) is -1.31. The Morgan fingerprint density at radius 2 is 1.90 bits per heavy atom. The van der Waals surface area contributed by atoms with Crippen molar-refractivity contribution in [1.29, 1.82) is 0 Å². The zero-order valence-corrected chi connectivity index (χ0v) is 23.5. The number of nitrogens with one attached hydrogen (secondary N) is 2. The van der Waals surface area contributed by atoms with Crippen LogP contribution >= 0.6 is 18.2 Å². The molecule has 2 heterocycles. The van der Waals surface area contributed by atoms with Gasteiger partial charge in [-0.3, -0.25) is 19.1 Å². The highest BCUT2D eigenvalue weighted by atomic mass is 35.5. The second-order valence-electron chi connectivity index (χ2n) is 8.92. The Kier molecular flexibility index (Phi) is 9.87. The highest BCUT2D eigenvalue weighted by Crippen LogP contribution is 2.54. The summed E-state index contributed by atoms with van der Waals surface area (Å²) in [5.74, 6) is -5.51. The molecule has 1 saturated heterocycles. The summed E-state index contributed by atoms with van der Waals surface area (Å²) < 4.78 is 80.8. The number of aromatic amines is 1. The molecular formula is C22H25ClF4N3O8PS. The number of nitrogens with zero attached hydrogens (tertiary/aromatic N) is 1. The van der Waals surface area contributed by atoms with Gasteiger partial charge in [-0.05, 0) is 44.7 Å². The van der Waals surface area contributed by atoms with E-state index in [1.54, 1.807) is 24.9 Å². The number of alkyl halides is 4. The molecule has 3 N–H and O–H groups in total. The SMILES string of the molecule is CC(C)OC(=O)[C@H](C)NP(=S)(OC[C@@]1(C(F)F)O[C@@H](n2cc(Cl)c(=O)[nH]c2=O)[C@H](O)C1(F)F)Oc1ccccc1. The molecule has 0 radical (unpaired) electrons. The third-order valence-electron chi connectivity index (χ3n) is 5.56. The maximum absolute atomic E-state index is 15.4. The molecular weight excluding hydrogens is 609 g/mol. The van der Waals surface area contributed by atoms with Gasteiger partial charge in [-0.15, -0.1) is 0 Å². The molecule has 1 unspecified atom stereocenters. The van der Waals surface area contributed by atoms with E-state index >= 15 is 8.78 Å². The topological polar surface area (TPSA) is 141 Å². The van der Waals surface area contributed by atoms with Gasteiger partial charge in [0.15, 0.2) is 12.3 Å². The molecule has 1 fully saturated rings. The Balaban J connectivity index is 1.98. The Hall–Kier alpha value is -2.33. The van der Waals surface area contributed by atoms with Crippen LogP contribution in [0.3, 0.4) is 0 Å². The van der Waals surface area contributed by atoms with Crippen LogP contribution in [0.2, 0.25) is 5.02 Å². The number of carbonyl (C=O) groups excluding carboxylic acids is 1. The number of aliphatic hydroxyl groups excluding tert-OH is 1. The zero-order valence-electron chi connectivity index (χ0n) is 21.1. The lowest BCUT2D eigenvalue weighted by atomic mass is 9.95. The van der Waals surface area contributed by atoms with Gasteiger partial charge in [0.05, 0.1) is 12.7 Å². The molecule has 0 aliphatic carbocycles. The van der Waals surface area contributed by atoms with Gasteiger partial charge in [-0.2, -0.15) is 8.78 Å². The van der Waals surface area contributed by atoms with Crippen molar-refractivity contribution in [3.05, 3.63) is 62.4 Å². The molecule has 0 bridgehead atoms. The second-order valence-corrected chi connectivity index (χ2v) is 12.5. The van der Waals surface area contributed by atoms with Crippen LogP contribution in [-0.2, 0) is 30.6 Å². The van der Waals surface area contributed by atoms with Crippen molar-refractivity contribution >= 4 is 36.0 Å². The molecule has 1 aromatic carbocycles. The molecule has 1 aliphatic heterocycles. The lowest BCUT2D eigenvalue weighted by Gasteiger charge is -2.35. The van der Waals surface area contributed by atoms with Gasteiger partial charge in [-0.25, -0.2) is 18.7 Å². The van der Waals surface area contributed by atoms with Crippen LogP contribution in [0.1, 0.15) is 27.0 Å².